The third-order valence-electron chi connectivity index (χ3n) is 3.81. The summed E-state index contributed by atoms with van der Waals surface area (Å²) in [6.07, 6.45) is 3.74. The van der Waals surface area contributed by atoms with Crippen molar-refractivity contribution in [2.45, 2.75) is 45.6 Å². The molecule has 1 aromatic rings. The molecule has 1 aliphatic carbocycles. The molecule has 110 valence electrons. The van der Waals surface area contributed by atoms with Gasteiger partial charge in [-0.05, 0) is 51.7 Å². The highest BCUT2D eigenvalue weighted by Crippen LogP contribution is 2.31. The molecule has 0 saturated heterocycles. The van der Waals surface area contributed by atoms with Crippen LogP contribution in [-0.4, -0.2) is 18.7 Å². The van der Waals surface area contributed by atoms with E-state index in [1.165, 1.54) is 0 Å². The molecule has 0 radical (unpaired) electrons. The molecule has 0 amide bonds. The number of halogens is 1. The maximum atomic E-state index is 11.7. The number of ether oxygens (including phenoxy) is 2. The van der Waals surface area contributed by atoms with Gasteiger partial charge in [0, 0.05) is 10.0 Å². The Bertz CT molecular complexity index is 465. The first-order valence-electron chi connectivity index (χ1n) is 7.20. The van der Waals surface area contributed by atoms with E-state index < -0.39 is 0 Å². The number of rotatable bonds is 4. The fourth-order valence-corrected chi connectivity index (χ4v) is 2.92. The zero-order valence-electron chi connectivity index (χ0n) is 12.0. The number of esters is 1. The molecule has 4 heteroatoms. The second kappa shape index (κ2) is 7.11. The molecule has 0 bridgehead atoms. The van der Waals surface area contributed by atoms with Crippen LogP contribution in [-0.2, 0) is 9.53 Å². The van der Waals surface area contributed by atoms with E-state index in [9.17, 15) is 4.79 Å². The normalized spacial score (nSPS) is 22.4. The maximum absolute atomic E-state index is 11.7. The molecule has 0 spiro atoms. The Morgan fingerprint density at radius 2 is 2.00 bits per heavy atom. The highest BCUT2D eigenvalue weighted by atomic mass is 79.9. The summed E-state index contributed by atoms with van der Waals surface area (Å²) in [7, 11) is 0. The Kier molecular flexibility index (Phi) is 5.46. The molecule has 0 atom stereocenters. The smallest absolute Gasteiger partial charge is 0.308 e. The van der Waals surface area contributed by atoms with E-state index in [-0.39, 0.29) is 18.0 Å². The number of carbonyl (C=O) groups is 1. The van der Waals surface area contributed by atoms with Gasteiger partial charge in [0.1, 0.15) is 5.75 Å². The van der Waals surface area contributed by atoms with Gasteiger partial charge in [-0.1, -0.05) is 22.0 Å². The van der Waals surface area contributed by atoms with Crippen molar-refractivity contribution in [2.75, 3.05) is 6.61 Å². The lowest BCUT2D eigenvalue weighted by Crippen LogP contribution is -2.29. The van der Waals surface area contributed by atoms with Gasteiger partial charge >= 0.3 is 5.97 Å². The van der Waals surface area contributed by atoms with Crippen LogP contribution in [0.2, 0.25) is 0 Å². The molecular weight excluding hydrogens is 320 g/mol. The van der Waals surface area contributed by atoms with E-state index in [1.54, 1.807) is 0 Å². The van der Waals surface area contributed by atoms with Crippen LogP contribution >= 0.6 is 15.9 Å². The van der Waals surface area contributed by atoms with E-state index in [0.29, 0.717) is 6.61 Å². The van der Waals surface area contributed by atoms with Crippen molar-refractivity contribution in [3.63, 3.8) is 0 Å². The third-order valence-corrected chi connectivity index (χ3v) is 4.66. The molecule has 2 rings (SSSR count). The van der Waals surface area contributed by atoms with Crippen LogP contribution in [0.1, 0.15) is 38.2 Å². The van der Waals surface area contributed by atoms with Gasteiger partial charge in [0.15, 0.2) is 0 Å². The van der Waals surface area contributed by atoms with Gasteiger partial charge in [-0.2, -0.15) is 0 Å². The maximum Gasteiger partial charge on any atom is 0.308 e. The molecule has 20 heavy (non-hydrogen) atoms. The summed E-state index contributed by atoms with van der Waals surface area (Å²) < 4.78 is 12.2. The highest BCUT2D eigenvalue weighted by molar-refractivity contribution is 9.10. The largest absolute Gasteiger partial charge is 0.490 e. The summed E-state index contributed by atoms with van der Waals surface area (Å²) in [6, 6.07) is 5.99. The minimum absolute atomic E-state index is 0.0513. The van der Waals surface area contributed by atoms with Crippen LogP contribution in [0.5, 0.6) is 5.75 Å². The van der Waals surface area contributed by atoms with Crippen LogP contribution in [0.15, 0.2) is 22.7 Å². The van der Waals surface area contributed by atoms with Crippen molar-refractivity contribution in [2.24, 2.45) is 5.92 Å². The molecule has 1 saturated carbocycles. The fourth-order valence-electron chi connectivity index (χ4n) is 2.57. The first kappa shape index (κ1) is 15.4. The molecule has 0 aromatic heterocycles. The second-order valence-electron chi connectivity index (χ2n) is 5.21. The van der Waals surface area contributed by atoms with Crippen LogP contribution in [0.25, 0.3) is 0 Å². The van der Waals surface area contributed by atoms with Gasteiger partial charge < -0.3 is 9.47 Å². The monoisotopic (exact) mass is 340 g/mol. The number of hydrogen-bond donors (Lipinski definition) is 0. The van der Waals surface area contributed by atoms with Crippen LogP contribution in [0, 0.1) is 12.8 Å². The van der Waals surface area contributed by atoms with Crippen molar-refractivity contribution in [3.05, 3.63) is 28.2 Å². The minimum Gasteiger partial charge on any atom is -0.490 e. The SMILES string of the molecule is CCOC(=O)C1CCC(Oc2cccc(Br)c2C)CC1. The van der Waals surface area contributed by atoms with Crippen LogP contribution in [0.3, 0.4) is 0 Å². The molecule has 1 aromatic carbocycles. The fraction of sp³-hybridized carbons (Fsp3) is 0.562. The summed E-state index contributed by atoms with van der Waals surface area (Å²) in [6.45, 7) is 4.36. The van der Waals surface area contributed by atoms with Crippen molar-refractivity contribution in [1.82, 2.24) is 0 Å². The Hall–Kier alpha value is -1.03. The molecule has 1 aliphatic rings. The van der Waals surface area contributed by atoms with E-state index >= 15 is 0 Å². The molecule has 0 heterocycles. The zero-order valence-corrected chi connectivity index (χ0v) is 13.6. The van der Waals surface area contributed by atoms with Crippen molar-refractivity contribution < 1.29 is 14.3 Å². The standard InChI is InChI=1S/C16H21BrO3/c1-3-19-16(18)12-7-9-13(10-8-12)20-15-6-4-5-14(17)11(15)2/h4-6,12-13H,3,7-10H2,1-2H3. The van der Waals surface area contributed by atoms with E-state index in [4.69, 9.17) is 9.47 Å². The van der Waals surface area contributed by atoms with E-state index in [1.807, 2.05) is 32.0 Å². The summed E-state index contributed by atoms with van der Waals surface area (Å²) in [4.78, 5) is 11.7. The molecule has 0 aliphatic heterocycles. The quantitative estimate of drug-likeness (QED) is 0.768. The lowest BCUT2D eigenvalue weighted by molar-refractivity contribution is -0.149. The van der Waals surface area contributed by atoms with Crippen LogP contribution < -0.4 is 4.74 Å². The van der Waals surface area contributed by atoms with Crippen LogP contribution in [0.4, 0.5) is 0 Å². The minimum atomic E-state index is -0.0513. The Labute approximate surface area is 128 Å². The molecule has 0 unspecified atom stereocenters. The summed E-state index contributed by atoms with van der Waals surface area (Å²) in [5, 5.41) is 0. The van der Waals surface area contributed by atoms with Gasteiger partial charge in [0.25, 0.3) is 0 Å². The summed E-state index contributed by atoms with van der Waals surface area (Å²) in [5.41, 5.74) is 1.13. The number of carbonyl (C=O) groups excluding carboxylic acids is 1. The Balaban J connectivity index is 1.88. The average molecular weight is 341 g/mol. The number of hydrogen-bond acceptors (Lipinski definition) is 3. The number of benzene rings is 1. The Morgan fingerprint density at radius 3 is 2.65 bits per heavy atom. The predicted octanol–water partition coefficient (Wildman–Crippen LogP) is 4.26. The van der Waals surface area contributed by atoms with Crippen molar-refractivity contribution in [3.8, 4) is 5.75 Å². The summed E-state index contributed by atoms with van der Waals surface area (Å²) in [5.74, 6) is 0.932. The average Bonchev–Trinajstić information content (AvgIpc) is 2.45. The van der Waals surface area contributed by atoms with Gasteiger partial charge in [-0.25, -0.2) is 0 Å². The van der Waals surface area contributed by atoms with Gasteiger partial charge in [0.2, 0.25) is 0 Å². The third kappa shape index (κ3) is 3.75. The molecule has 0 N–H and O–H groups in total. The predicted molar refractivity (Wildman–Crippen MR) is 81.9 cm³/mol. The first-order chi connectivity index (χ1) is 9.61. The highest BCUT2D eigenvalue weighted by Gasteiger charge is 2.28. The lowest BCUT2D eigenvalue weighted by atomic mass is 9.87. The summed E-state index contributed by atoms with van der Waals surface area (Å²) >= 11 is 3.52. The van der Waals surface area contributed by atoms with E-state index in [0.717, 1.165) is 41.5 Å². The van der Waals surface area contributed by atoms with Gasteiger partial charge in [-0.15, -0.1) is 0 Å². The first-order valence-corrected chi connectivity index (χ1v) is 7.99. The van der Waals surface area contributed by atoms with Gasteiger partial charge in [0.05, 0.1) is 18.6 Å². The molecule has 3 nitrogen and oxygen atoms in total. The molecular formula is C16H21BrO3. The van der Waals surface area contributed by atoms with E-state index in [2.05, 4.69) is 15.9 Å². The second-order valence-corrected chi connectivity index (χ2v) is 6.06. The lowest BCUT2D eigenvalue weighted by Gasteiger charge is -2.28. The zero-order chi connectivity index (χ0) is 14.5. The Morgan fingerprint density at radius 1 is 1.30 bits per heavy atom. The van der Waals surface area contributed by atoms with Crippen molar-refractivity contribution in [1.29, 1.82) is 0 Å². The van der Waals surface area contributed by atoms with Crippen molar-refractivity contribution >= 4 is 21.9 Å². The van der Waals surface area contributed by atoms with Gasteiger partial charge in [-0.3, -0.25) is 4.79 Å². The topological polar surface area (TPSA) is 35.5 Å². The molecule has 1 fully saturated rings.